The number of nitrogens with zero attached hydrogens (tertiary/aromatic N) is 2. The molecule has 0 N–H and O–H groups in total. The van der Waals surface area contributed by atoms with Crippen LogP contribution < -0.4 is 0 Å². The van der Waals surface area contributed by atoms with Crippen LogP contribution in [0.15, 0.2) is 42.7 Å². The van der Waals surface area contributed by atoms with Gasteiger partial charge in [0.2, 0.25) is 0 Å². The molecule has 0 fully saturated rings. The minimum absolute atomic E-state index is 1.06. The van der Waals surface area contributed by atoms with Crippen LogP contribution in [0.25, 0.3) is 32.6 Å². The van der Waals surface area contributed by atoms with Crippen LogP contribution in [0, 0.1) is 6.92 Å². The van der Waals surface area contributed by atoms with Gasteiger partial charge in [-0.25, -0.2) is 0 Å². The minimum atomic E-state index is 1.06. The molecule has 0 aliphatic heterocycles. The molecule has 2 aromatic heterocycles. The van der Waals surface area contributed by atoms with Gasteiger partial charge in [0.25, 0.3) is 0 Å². The molecule has 2 heterocycles. The van der Waals surface area contributed by atoms with Gasteiger partial charge in [-0.15, -0.1) is 0 Å². The molecule has 128 valence electrons. The third-order valence-electron chi connectivity index (χ3n) is 5.41. The van der Waals surface area contributed by atoms with E-state index in [0.717, 1.165) is 19.4 Å². The van der Waals surface area contributed by atoms with Gasteiger partial charge < -0.3 is 4.57 Å². The largest absolute Gasteiger partial charge is 0.340 e. The number of aryl methyl sites for hydroxylation is 3. The topological polar surface area (TPSA) is 17.8 Å². The Balaban J connectivity index is 2.24. The van der Waals surface area contributed by atoms with Gasteiger partial charge in [0.05, 0.1) is 5.52 Å². The lowest BCUT2D eigenvalue weighted by Crippen LogP contribution is -1.99. The SMILES string of the molecule is CCCCc1c2cnccc2c(C)c2c1c1ccccc1n2CCC. The molecule has 2 aromatic carbocycles. The summed E-state index contributed by atoms with van der Waals surface area (Å²) < 4.78 is 2.54. The van der Waals surface area contributed by atoms with Crippen LogP contribution in [0.3, 0.4) is 0 Å². The van der Waals surface area contributed by atoms with Crippen LogP contribution in [0.2, 0.25) is 0 Å². The molecule has 2 nitrogen and oxygen atoms in total. The van der Waals surface area contributed by atoms with Crippen molar-refractivity contribution in [1.29, 1.82) is 0 Å². The lowest BCUT2D eigenvalue weighted by molar-refractivity contribution is 0.722. The van der Waals surface area contributed by atoms with Crippen molar-refractivity contribution < 1.29 is 0 Å². The van der Waals surface area contributed by atoms with Gasteiger partial charge in [-0.3, -0.25) is 4.98 Å². The number of benzene rings is 2. The second-order valence-electron chi connectivity index (χ2n) is 7.02. The van der Waals surface area contributed by atoms with Crippen LogP contribution in [-0.4, -0.2) is 9.55 Å². The van der Waals surface area contributed by atoms with Gasteiger partial charge in [-0.05, 0) is 54.8 Å². The molecular weight excluding hydrogens is 304 g/mol. The first-order valence-electron chi connectivity index (χ1n) is 9.54. The number of rotatable bonds is 5. The Bertz CT molecular complexity index is 1060. The zero-order valence-electron chi connectivity index (χ0n) is 15.5. The van der Waals surface area contributed by atoms with E-state index in [1.807, 2.05) is 6.20 Å². The zero-order valence-corrected chi connectivity index (χ0v) is 15.5. The summed E-state index contributed by atoms with van der Waals surface area (Å²) in [7, 11) is 0. The fourth-order valence-corrected chi connectivity index (χ4v) is 4.29. The smallest absolute Gasteiger partial charge is 0.0530 e. The summed E-state index contributed by atoms with van der Waals surface area (Å²) in [5, 5.41) is 5.54. The number of hydrogen-bond donors (Lipinski definition) is 0. The van der Waals surface area contributed by atoms with Crippen LogP contribution in [0.1, 0.15) is 44.2 Å². The monoisotopic (exact) mass is 330 g/mol. The van der Waals surface area contributed by atoms with Crippen molar-refractivity contribution >= 4 is 32.6 Å². The van der Waals surface area contributed by atoms with E-state index in [9.17, 15) is 0 Å². The van der Waals surface area contributed by atoms with E-state index < -0.39 is 0 Å². The number of para-hydroxylation sites is 1. The molecule has 4 aromatic rings. The first kappa shape index (κ1) is 16.1. The Morgan fingerprint density at radius 3 is 2.60 bits per heavy atom. The molecule has 0 unspecified atom stereocenters. The second-order valence-corrected chi connectivity index (χ2v) is 7.02. The second kappa shape index (κ2) is 6.51. The molecule has 0 saturated heterocycles. The third kappa shape index (κ3) is 2.43. The summed E-state index contributed by atoms with van der Waals surface area (Å²) in [6, 6.07) is 11.1. The van der Waals surface area contributed by atoms with Gasteiger partial charge in [0.15, 0.2) is 0 Å². The van der Waals surface area contributed by atoms with E-state index in [1.165, 1.54) is 56.5 Å². The number of unbranched alkanes of at least 4 members (excludes halogenated alkanes) is 1. The van der Waals surface area contributed by atoms with Crippen molar-refractivity contribution in [2.45, 2.75) is 53.0 Å². The summed E-state index contributed by atoms with van der Waals surface area (Å²) >= 11 is 0. The molecule has 0 radical (unpaired) electrons. The zero-order chi connectivity index (χ0) is 17.4. The van der Waals surface area contributed by atoms with Gasteiger partial charge in [-0.1, -0.05) is 38.5 Å². The first-order valence-corrected chi connectivity index (χ1v) is 9.54. The van der Waals surface area contributed by atoms with Gasteiger partial charge in [-0.2, -0.15) is 0 Å². The number of fused-ring (bicyclic) bond motifs is 4. The fourth-order valence-electron chi connectivity index (χ4n) is 4.29. The van der Waals surface area contributed by atoms with E-state index in [0.29, 0.717) is 0 Å². The minimum Gasteiger partial charge on any atom is -0.340 e. The molecule has 0 spiro atoms. The number of pyridine rings is 1. The Morgan fingerprint density at radius 2 is 1.80 bits per heavy atom. The fraction of sp³-hybridized carbons (Fsp3) is 0.348. The Morgan fingerprint density at radius 1 is 0.960 bits per heavy atom. The van der Waals surface area contributed by atoms with Crippen molar-refractivity contribution in [1.82, 2.24) is 9.55 Å². The Labute approximate surface area is 149 Å². The number of hydrogen-bond acceptors (Lipinski definition) is 1. The predicted molar refractivity (Wildman–Crippen MR) is 108 cm³/mol. The van der Waals surface area contributed by atoms with Crippen molar-refractivity contribution in [3.63, 3.8) is 0 Å². The lowest BCUT2D eigenvalue weighted by atomic mass is 9.93. The van der Waals surface area contributed by atoms with Crippen molar-refractivity contribution in [2.24, 2.45) is 0 Å². The van der Waals surface area contributed by atoms with E-state index in [1.54, 1.807) is 0 Å². The third-order valence-corrected chi connectivity index (χ3v) is 5.41. The lowest BCUT2D eigenvalue weighted by Gasteiger charge is -2.14. The van der Waals surface area contributed by atoms with Crippen LogP contribution in [0.4, 0.5) is 0 Å². The number of aromatic nitrogens is 2. The van der Waals surface area contributed by atoms with E-state index in [-0.39, 0.29) is 0 Å². The van der Waals surface area contributed by atoms with Crippen LogP contribution in [0.5, 0.6) is 0 Å². The van der Waals surface area contributed by atoms with Gasteiger partial charge in [0, 0.05) is 40.6 Å². The molecular formula is C23H26N2. The van der Waals surface area contributed by atoms with Gasteiger partial charge in [0.1, 0.15) is 0 Å². The van der Waals surface area contributed by atoms with Crippen molar-refractivity contribution in [3.05, 3.63) is 53.9 Å². The summed E-state index contributed by atoms with van der Waals surface area (Å²) in [6.07, 6.45) is 8.69. The van der Waals surface area contributed by atoms with Crippen molar-refractivity contribution in [3.8, 4) is 0 Å². The molecule has 0 atom stereocenters. The molecule has 25 heavy (non-hydrogen) atoms. The Hall–Kier alpha value is -2.35. The predicted octanol–water partition coefficient (Wildman–Crippen LogP) is 6.40. The van der Waals surface area contributed by atoms with E-state index in [4.69, 9.17) is 0 Å². The maximum atomic E-state index is 4.45. The first-order chi connectivity index (χ1) is 12.3. The standard InChI is InChI=1S/C23H26N2/c1-4-6-9-18-20-15-24-13-12-17(20)16(3)23-22(18)19-10-7-8-11-21(19)25(23)14-5-2/h7-8,10-13,15H,4-6,9,14H2,1-3H3. The van der Waals surface area contributed by atoms with E-state index in [2.05, 4.69) is 66.9 Å². The molecule has 2 heteroatoms. The van der Waals surface area contributed by atoms with Crippen LogP contribution >= 0.6 is 0 Å². The maximum Gasteiger partial charge on any atom is 0.0530 e. The maximum absolute atomic E-state index is 4.45. The Kier molecular flexibility index (Phi) is 4.20. The summed E-state index contributed by atoms with van der Waals surface area (Å²) in [4.78, 5) is 4.45. The highest BCUT2D eigenvalue weighted by Gasteiger charge is 2.19. The summed E-state index contributed by atoms with van der Waals surface area (Å²) in [6.45, 7) is 7.87. The summed E-state index contributed by atoms with van der Waals surface area (Å²) in [5.41, 5.74) is 5.66. The normalized spacial score (nSPS) is 11.8. The molecule has 0 saturated carbocycles. The highest BCUT2D eigenvalue weighted by atomic mass is 15.0. The average Bonchev–Trinajstić information content (AvgIpc) is 2.97. The molecule has 4 rings (SSSR count). The summed E-state index contributed by atoms with van der Waals surface area (Å²) in [5.74, 6) is 0. The molecule has 0 amide bonds. The van der Waals surface area contributed by atoms with Crippen LogP contribution in [-0.2, 0) is 13.0 Å². The highest BCUT2D eigenvalue weighted by molar-refractivity contribution is 6.17. The molecule has 0 aliphatic carbocycles. The van der Waals surface area contributed by atoms with E-state index >= 15 is 0 Å². The average molecular weight is 330 g/mol. The van der Waals surface area contributed by atoms with Crippen molar-refractivity contribution in [2.75, 3.05) is 0 Å². The molecule has 0 bridgehead atoms. The molecule has 0 aliphatic rings. The quantitative estimate of drug-likeness (QED) is 0.414. The van der Waals surface area contributed by atoms with Gasteiger partial charge >= 0.3 is 0 Å². The highest BCUT2D eigenvalue weighted by Crippen LogP contribution is 2.39.